The molecule has 74 valence electrons. The second-order valence-corrected chi connectivity index (χ2v) is 4.63. The van der Waals surface area contributed by atoms with Crippen LogP contribution in [0.2, 0.25) is 0 Å². The van der Waals surface area contributed by atoms with E-state index in [4.69, 9.17) is 0 Å². The van der Waals surface area contributed by atoms with E-state index in [1.54, 1.807) is 22.7 Å². The van der Waals surface area contributed by atoms with Crippen LogP contribution in [0.15, 0.2) is 21.7 Å². The van der Waals surface area contributed by atoms with Gasteiger partial charge in [-0.1, -0.05) is 0 Å². The zero-order valence-corrected chi connectivity index (χ0v) is 9.62. The molecule has 0 saturated heterocycles. The van der Waals surface area contributed by atoms with Crippen molar-refractivity contribution < 1.29 is 0 Å². The first kappa shape index (κ1) is 9.83. The summed E-state index contributed by atoms with van der Waals surface area (Å²) in [4.78, 5) is 4.22. The summed E-state index contributed by atoms with van der Waals surface area (Å²) in [5.74, 6) is 0. The van der Waals surface area contributed by atoms with E-state index in [1.807, 2.05) is 5.51 Å². The Balaban J connectivity index is 1.81. The summed E-state index contributed by atoms with van der Waals surface area (Å²) in [5, 5.41) is 9.84. The van der Waals surface area contributed by atoms with E-state index in [9.17, 15) is 0 Å². The van der Waals surface area contributed by atoms with E-state index >= 15 is 0 Å². The summed E-state index contributed by atoms with van der Waals surface area (Å²) in [5.41, 5.74) is 5.77. The van der Waals surface area contributed by atoms with E-state index in [2.05, 4.69) is 33.4 Å². The monoisotopic (exact) mass is 224 g/mol. The lowest BCUT2D eigenvalue weighted by molar-refractivity contribution is 0.682. The lowest BCUT2D eigenvalue weighted by Gasteiger charge is -2.01. The van der Waals surface area contributed by atoms with Crippen molar-refractivity contribution in [2.45, 2.75) is 20.0 Å². The van der Waals surface area contributed by atoms with Crippen LogP contribution in [0.3, 0.4) is 0 Å². The minimum Gasteiger partial charge on any atom is -0.307 e. The zero-order chi connectivity index (χ0) is 9.80. The first-order chi connectivity index (χ1) is 6.86. The van der Waals surface area contributed by atoms with Crippen molar-refractivity contribution in [3.8, 4) is 0 Å². The number of hydrogen-bond acceptors (Lipinski definition) is 4. The Labute approximate surface area is 91.6 Å². The summed E-state index contributed by atoms with van der Waals surface area (Å²) in [6.07, 6.45) is 0. The van der Waals surface area contributed by atoms with Crippen LogP contribution in [0, 0.1) is 6.92 Å². The Kier molecular flexibility index (Phi) is 3.29. The van der Waals surface area contributed by atoms with E-state index in [0.29, 0.717) is 0 Å². The van der Waals surface area contributed by atoms with Crippen LogP contribution in [0.4, 0.5) is 0 Å². The van der Waals surface area contributed by atoms with E-state index in [-0.39, 0.29) is 0 Å². The minimum absolute atomic E-state index is 0.860. The highest BCUT2D eigenvalue weighted by atomic mass is 32.1. The molecule has 0 saturated carbocycles. The number of rotatable bonds is 4. The van der Waals surface area contributed by atoms with Crippen molar-refractivity contribution in [1.29, 1.82) is 0 Å². The molecule has 0 spiro atoms. The largest absolute Gasteiger partial charge is 0.307 e. The fraction of sp³-hybridized carbons (Fsp3) is 0.300. The van der Waals surface area contributed by atoms with Gasteiger partial charge >= 0.3 is 0 Å². The number of aromatic nitrogens is 1. The van der Waals surface area contributed by atoms with Crippen LogP contribution in [0.1, 0.15) is 16.8 Å². The van der Waals surface area contributed by atoms with Crippen molar-refractivity contribution in [1.82, 2.24) is 10.3 Å². The standard InChI is InChI=1S/C10H12N2S2/c1-8-4-13-5-9(8)2-11-3-10-6-14-7-12-10/h4-7,11H,2-3H2,1H3. The Morgan fingerprint density at radius 1 is 1.21 bits per heavy atom. The predicted octanol–water partition coefficient (Wildman–Crippen LogP) is 2.80. The molecule has 0 bridgehead atoms. The Bertz CT molecular complexity index is 378. The molecule has 2 nitrogen and oxygen atoms in total. The molecule has 1 N–H and O–H groups in total. The van der Waals surface area contributed by atoms with Crippen molar-refractivity contribution in [2.24, 2.45) is 0 Å². The molecule has 0 fully saturated rings. The van der Waals surface area contributed by atoms with Gasteiger partial charge in [-0.3, -0.25) is 0 Å². The number of thiophene rings is 1. The lowest BCUT2D eigenvalue weighted by Crippen LogP contribution is -2.12. The third-order valence-corrected chi connectivity index (χ3v) is 3.61. The molecule has 0 radical (unpaired) electrons. The number of nitrogens with one attached hydrogen (secondary N) is 1. The average Bonchev–Trinajstić information content (AvgIpc) is 2.78. The molecule has 0 aliphatic carbocycles. The second kappa shape index (κ2) is 4.68. The maximum Gasteiger partial charge on any atom is 0.0795 e. The Hall–Kier alpha value is -0.710. The summed E-state index contributed by atoms with van der Waals surface area (Å²) < 4.78 is 0. The molecule has 0 amide bonds. The summed E-state index contributed by atoms with van der Waals surface area (Å²) in [7, 11) is 0. The van der Waals surface area contributed by atoms with E-state index in [1.165, 1.54) is 11.1 Å². The minimum atomic E-state index is 0.860. The van der Waals surface area contributed by atoms with Gasteiger partial charge in [0.05, 0.1) is 11.2 Å². The molecule has 2 heterocycles. The van der Waals surface area contributed by atoms with Crippen molar-refractivity contribution in [3.05, 3.63) is 38.5 Å². The molecule has 2 aromatic rings. The van der Waals surface area contributed by atoms with Crippen LogP contribution in [0.5, 0.6) is 0 Å². The van der Waals surface area contributed by atoms with Crippen LogP contribution >= 0.6 is 22.7 Å². The number of thiazole rings is 1. The van der Waals surface area contributed by atoms with Gasteiger partial charge in [-0.2, -0.15) is 11.3 Å². The molecule has 0 aliphatic heterocycles. The second-order valence-electron chi connectivity index (χ2n) is 3.16. The fourth-order valence-corrected chi connectivity index (χ4v) is 2.63. The SMILES string of the molecule is Cc1cscc1CNCc1cscn1. The smallest absolute Gasteiger partial charge is 0.0795 e. The maximum atomic E-state index is 4.22. The quantitative estimate of drug-likeness (QED) is 0.864. The molecule has 2 aromatic heterocycles. The van der Waals surface area contributed by atoms with Gasteiger partial charge < -0.3 is 5.32 Å². The molecule has 4 heteroatoms. The first-order valence-electron chi connectivity index (χ1n) is 4.45. The summed E-state index contributed by atoms with van der Waals surface area (Å²) in [6, 6.07) is 0. The maximum absolute atomic E-state index is 4.22. The van der Waals surface area contributed by atoms with E-state index in [0.717, 1.165) is 18.8 Å². The van der Waals surface area contributed by atoms with Crippen LogP contribution in [0.25, 0.3) is 0 Å². The summed E-state index contributed by atoms with van der Waals surface area (Å²) >= 11 is 3.40. The third-order valence-electron chi connectivity index (χ3n) is 2.07. The predicted molar refractivity (Wildman–Crippen MR) is 61.7 cm³/mol. The molecular weight excluding hydrogens is 212 g/mol. The van der Waals surface area contributed by atoms with Gasteiger partial charge in [0.25, 0.3) is 0 Å². The first-order valence-corrected chi connectivity index (χ1v) is 6.34. The van der Waals surface area contributed by atoms with Crippen LogP contribution in [-0.2, 0) is 13.1 Å². The van der Waals surface area contributed by atoms with Crippen molar-refractivity contribution in [2.75, 3.05) is 0 Å². The summed E-state index contributed by atoms with van der Waals surface area (Å²) in [6.45, 7) is 3.95. The van der Waals surface area contributed by atoms with Gasteiger partial charge in [-0.15, -0.1) is 11.3 Å². The van der Waals surface area contributed by atoms with Gasteiger partial charge in [0.2, 0.25) is 0 Å². The fourth-order valence-electron chi connectivity index (χ4n) is 1.22. The third kappa shape index (κ3) is 2.41. The highest BCUT2D eigenvalue weighted by molar-refractivity contribution is 7.08. The average molecular weight is 224 g/mol. The van der Waals surface area contributed by atoms with Crippen molar-refractivity contribution in [3.63, 3.8) is 0 Å². The van der Waals surface area contributed by atoms with Gasteiger partial charge in [0, 0.05) is 18.5 Å². The molecule has 0 unspecified atom stereocenters. The topological polar surface area (TPSA) is 24.9 Å². The van der Waals surface area contributed by atoms with Gasteiger partial charge in [0.1, 0.15) is 0 Å². The Morgan fingerprint density at radius 2 is 2.14 bits per heavy atom. The number of nitrogens with zero attached hydrogens (tertiary/aromatic N) is 1. The van der Waals surface area contributed by atoms with Crippen LogP contribution in [-0.4, -0.2) is 4.98 Å². The molecular formula is C10H12N2S2. The van der Waals surface area contributed by atoms with Gasteiger partial charge in [-0.05, 0) is 28.8 Å². The number of hydrogen-bond donors (Lipinski definition) is 1. The molecule has 0 aliphatic rings. The van der Waals surface area contributed by atoms with Gasteiger partial charge in [-0.25, -0.2) is 4.98 Å². The highest BCUT2D eigenvalue weighted by Gasteiger charge is 1.99. The Morgan fingerprint density at radius 3 is 2.79 bits per heavy atom. The molecule has 14 heavy (non-hydrogen) atoms. The van der Waals surface area contributed by atoms with E-state index < -0.39 is 0 Å². The normalized spacial score (nSPS) is 10.6. The molecule has 2 rings (SSSR count). The van der Waals surface area contributed by atoms with Crippen LogP contribution < -0.4 is 5.32 Å². The lowest BCUT2D eigenvalue weighted by atomic mass is 10.2. The van der Waals surface area contributed by atoms with Gasteiger partial charge in [0.15, 0.2) is 0 Å². The molecule has 0 atom stereocenters. The molecule has 0 aromatic carbocycles. The zero-order valence-electron chi connectivity index (χ0n) is 7.99. The number of aryl methyl sites for hydroxylation is 1. The van der Waals surface area contributed by atoms with Crippen molar-refractivity contribution >= 4 is 22.7 Å². The highest BCUT2D eigenvalue weighted by Crippen LogP contribution is 2.13.